The second-order valence-electron chi connectivity index (χ2n) is 10.6. The summed E-state index contributed by atoms with van der Waals surface area (Å²) in [6.07, 6.45) is 12.4. The molecule has 6 rings (SSSR count). The molecule has 11 heteroatoms. The lowest BCUT2D eigenvalue weighted by atomic mass is 9.91. The highest BCUT2D eigenvalue weighted by Crippen LogP contribution is 2.34. The van der Waals surface area contributed by atoms with E-state index in [2.05, 4.69) is 31.5 Å². The van der Waals surface area contributed by atoms with Crippen molar-refractivity contribution >= 4 is 28.6 Å². The van der Waals surface area contributed by atoms with Gasteiger partial charge in [-0.3, -0.25) is 4.79 Å². The molecule has 11 nitrogen and oxygen atoms in total. The topological polar surface area (TPSA) is 105 Å². The number of hydrogen-bond donors (Lipinski definition) is 1. The zero-order valence-corrected chi connectivity index (χ0v) is 23.4. The highest BCUT2D eigenvalue weighted by molar-refractivity contribution is 5.88. The Hall–Kier alpha value is -4.77. The van der Waals surface area contributed by atoms with Crippen LogP contribution in [0.2, 0.25) is 0 Å². The fraction of sp³-hybridized carbons (Fsp3) is 0.300. The number of carbonyl (C=O) groups excluding carboxylic acids is 1. The van der Waals surface area contributed by atoms with Gasteiger partial charge in [-0.1, -0.05) is 6.08 Å². The van der Waals surface area contributed by atoms with Crippen LogP contribution in [0.5, 0.6) is 11.5 Å². The molecule has 0 aliphatic carbocycles. The average Bonchev–Trinajstić information content (AvgIpc) is 3.62. The zero-order chi connectivity index (χ0) is 28.3. The number of fused-ring (bicyclic) bond motifs is 2. The monoisotopic (exact) mass is 551 g/mol. The van der Waals surface area contributed by atoms with E-state index < -0.39 is 0 Å². The van der Waals surface area contributed by atoms with Gasteiger partial charge < -0.3 is 19.9 Å². The molecule has 41 heavy (non-hydrogen) atoms. The first-order valence-corrected chi connectivity index (χ1v) is 13.7. The fourth-order valence-corrected chi connectivity index (χ4v) is 5.27. The lowest BCUT2D eigenvalue weighted by Gasteiger charge is -2.32. The number of ether oxygens (including phenoxy) is 1. The summed E-state index contributed by atoms with van der Waals surface area (Å²) in [6, 6.07) is 11.8. The van der Waals surface area contributed by atoms with Gasteiger partial charge in [-0.2, -0.15) is 10.2 Å². The molecule has 210 valence electrons. The summed E-state index contributed by atoms with van der Waals surface area (Å²) in [5.74, 6) is 2.43. The molecule has 1 atom stereocenters. The Labute approximate surface area is 238 Å². The summed E-state index contributed by atoms with van der Waals surface area (Å²) >= 11 is 0. The Kier molecular flexibility index (Phi) is 7.34. The predicted molar refractivity (Wildman–Crippen MR) is 157 cm³/mol. The molecule has 0 unspecified atom stereocenters. The number of anilines is 2. The first-order chi connectivity index (χ1) is 19.9. The van der Waals surface area contributed by atoms with E-state index in [9.17, 15) is 4.79 Å². The summed E-state index contributed by atoms with van der Waals surface area (Å²) in [6.45, 7) is 4.19. The highest BCUT2D eigenvalue weighted by atomic mass is 16.5. The first kappa shape index (κ1) is 26.5. The van der Waals surface area contributed by atoms with Crippen LogP contribution in [0.25, 0.3) is 11.2 Å². The number of aryl methyl sites for hydroxylation is 1. The van der Waals surface area contributed by atoms with Gasteiger partial charge in [-0.15, -0.1) is 0 Å². The number of aromatic nitrogens is 6. The molecular weight excluding hydrogens is 518 g/mol. The third kappa shape index (κ3) is 5.75. The van der Waals surface area contributed by atoms with Crippen LogP contribution in [0.1, 0.15) is 29.9 Å². The molecule has 1 aliphatic rings. The van der Waals surface area contributed by atoms with E-state index in [1.54, 1.807) is 16.9 Å². The summed E-state index contributed by atoms with van der Waals surface area (Å²) in [5.41, 5.74) is 4.65. The maximum absolute atomic E-state index is 12.8. The summed E-state index contributed by atoms with van der Waals surface area (Å²) in [4.78, 5) is 25.6. The van der Waals surface area contributed by atoms with Crippen molar-refractivity contribution < 1.29 is 9.53 Å². The van der Waals surface area contributed by atoms with Crippen molar-refractivity contribution in [2.24, 2.45) is 0 Å². The number of hydrogen-bond acceptors (Lipinski definition) is 8. The number of likely N-dealkylation sites (tertiary alicyclic amines) is 1. The Bertz CT molecular complexity index is 1720. The molecule has 1 aromatic carbocycles. The lowest BCUT2D eigenvalue weighted by molar-refractivity contribution is -0.127. The second-order valence-corrected chi connectivity index (χ2v) is 10.6. The van der Waals surface area contributed by atoms with Crippen LogP contribution in [-0.2, 0) is 4.79 Å². The van der Waals surface area contributed by atoms with E-state index in [0.29, 0.717) is 12.3 Å². The normalized spacial score (nSPS) is 15.8. The number of nitrogens with one attached hydrogen (secondary N) is 1. The molecule has 4 aromatic heterocycles. The molecule has 1 amide bonds. The average molecular weight is 552 g/mol. The number of likely N-dealkylation sites (N-methyl/N-ethyl adjacent to an activating group) is 1. The van der Waals surface area contributed by atoms with Gasteiger partial charge in [0.05, 0.1) is 0 Å². The van der Waals surface area contributed by atoms with Gasteiger partial charge in [-0.05, 0) is 75.3 Å². The van der Waals surface area contributed by atoms with Gasteiger partial charge in [0.2, 0.25) is 5.91 Å². The van der Waals surface area contributed by atoms with Gasteiger partial charge in [-0.25, -0.2) is 19.0 Å². The van der Waals surface area contributed by atoms with E-state index in [1.807, 2.05) is 84.1 Å². The largest absolute Gasteiger partial charge is 0.457 e. The molecule has 0 spiro atoms. The molecule has 5 aromatic rings. The minimum Gasteiger partial charge on any atom is -0.457 e. The zero-order valence-electron chi connectivity index (χ0n) is 23.4. The number of piperidine rings is 1. The van der Waals surface area contributed by atoms with Crippen molar-refractivity contribution in [3.8, 4) is 11.5 Å². The molecule has 1 N–H and O–H groups in total. The van der Waals surface area contributed by atoms with Crippen molar-refractivity contribution in [3.05, 3.63) is 84.7 Å². The highest BCUT2D eigenvalue weighted by Gasteiger charge is 2.27. The molecular formula is C30H33N9O2. The van der Waals surface area contributed by atoms with Crippen molar-refractivity contribution in [1.82, 2.24) is 39.0 Å². The van der Waals surface area contributed by atoms with Crippen LogP contribution in [0, 0.1) is 6.92 Å². The van der Waals surface area contributed by atoms with Crippen LogP contribution in [0.4, 0.5) is 11.5 Å². The first-order valence-electron chi connectivity index (χ1n) is 13.7. The maximum atomic E-state index is 12.8. The van der Waals surface area contributed by atoms with Gasteiger partial charge in [0.25, 0.3) is 0 Å². The van der Waals surface area contributed by atoms with E-state index in [4.69, 9.17) is 4.74 Å². The van der Waals surface area contributed by atoms with Crippen molar-refractivity contribution in [3.63, 3.8) is 0 Å². The number of amides is 1. The van der Waals surface area contributed by atoms with Crippen LogP contribution in [0.15, 0.2) is 73.6 Å². The van der Waals surface area contributed by atoms with Gasteiger partial charge in [0.15, 0.2) is 11.5 Å². The third-order valence-corrected chi connectivity index (χ3v) is 7.31. The number of rotatable bonds is 8. The molecule has 5 heterocycles. The van der Waals surface area contributed by atoms with Crippen LogP contribution in [-0.4, -0.2) is 78.6 Å². The Morgan fingerprint density at radius 3 is 2.78 bits per heavy atom. The van der Waals surface area contributed by atoms with E-state index in [1.165, 1.54) is 6.33 Å². The Morgan fingerprint density at radius 1 is 1.10 bits per heavy atom. The Balaban J connectivity index is 1.20. The predicted octanol–water partition coefficient (Wildman–Crippen LogP) is 4.44. The van der Waals surface area contributed by atoms with Gasteiger partial charge >= 0.3 is 0 Å². The number of carbonyl (C=O) groups is 1. The molecule has 0 bridgehead atoms. The van der Waals surface area contributed by atoms with E-state index in [0.717, 1.165) is 65.5 Å². The quantitative estimate of drug-likeness (QED) is 0.282. The minimum atomic E-state index is 0.0637. The molecule has 0 saturated carbocycles. The van der Waals surface area contributed by atoms with Crippen molar-refractivity contribution in [1.29, 1.82) is 0 Å². The number of benzene rings is 1. The second kappa shape index (κ2) is 11.4. The third-order valence-electron chi connectivity index (χ3n) is 7.31. The summed E-state index contributed by atoms with van der Waals surface area (Å²) < 4.78 is 9.68. The summed E-state index contributed by atoms with van der Waals surface area (Å²) in [5, 5.41) is 12.1. The molecule has 1 fully saturated rings. The number of pyridine rings is 1. The van der Waals surface area contributed by atoms with Gasteiger partial charge in [0.1, 0.15) is 29.7 Å². The van der Waals surface area contributed by atoms with Crippen molar-refractivity contribution in [2.75, 3.05) is 39.0 Å². The molecule has 0 radical (unpaired) electrons. The van der Waals surface area contributed by atoms with Crippen LogP contribution >= 0.6 is 0 Å². The lowest BCUT2D eigenvalue weighted by Crippen LogP contribution is -2.38. The fourth-order valence-electron chi connectivity index (χ4n) is 5.27. The molecule has 1 saturated heterocycles. The van der Waals surface area contributed by atoms with Crippen molar-refractivity contribution in [2.45, 2.75) is 25.7 Å². The smallest absolute Gasteiger partial charge is 0.246 e. The Morgan fingerprint density at radius 2 is 1.93 bits per heavy atom. The molecule has 1 aliphatic heterocycles. The van der Waals surface area contributed by atoms with Crippen LogP contribution in [0.3, 0.4) is 0 Å². The standard InChI is InChI=1S/C30H33N9O2/c1-21-16-23(8-9-26(21)41-24-10-14-38-27(17-24)31-19-33-38)35-30-29-25(11-15-39(29)34-20-32-30)22-6-4-13-37(18-22)28(40)7-5-12-36(2)3/h5,7-11,14-17,19-20,22H,4,6,12-13,18H2,1-3H3,(H,32,34,35)/b7-5+/t22-/m1/s1. The maximum Gasteiger partial charge on any atom is 0.246 e. The minimum absolute atomic E-state index is 0.0637. The number of nitrogens with zero attached hydrogens (tertiary/aromatic N) is 8. The van der Waals surface area contributed by atoms with Gasteiger partial charge in [0, 0.05) is 55.8 Å². The van der Waals surface area contributed by atoms with E-state index in [-0.39, 0.29) is 11.8 Å². The van der Waals surface area contributed by atoms with E-state index >= 15 is 0 Å². The van der Waals surface area contributed by atoms with Crippen LogP contribution < -0.4 is 10.1 Å². The SMILES string of the molecule is Cc1cc(Nc2ncnn3ccc([C@@H]4CCCN(C(=O)/C=C/CN(C)C)C4)c23)ccc1Oc1ccn2ncnc2c1. The summed E-state index contributed by atoms with van der Waals surface area (Å²) in [7, 11) is 3.98.